The van der Waals surface area contributed by atoms with Crippen LogP contribution in [0.15, 0.2) is 22.7 Å². The summed E-state index contributed by atoms with van der Waals surface area (Å²) in [6.07, 6.45) is 0. The summed E-state index contributed by atoms with van der Waals surface area (Å²) in [5, 5.41) is 10.2. The molecule has 7 heteroatoms. The standard InChI is InChI=1S/C16H22BrNO4Si/c1-21-15-11-9-14(16(19)20)18(13(11)6-5-12(15)17)10-22-7-8-23(2,3)4/h5-6,9H,7-8,10H2,1-4H3,(H,19,20). The first-order valence-electron chi connectivity index (χ1n) is 7.41. The van der Waals surface area contributed by atoms with Crippen molar-refractivity contribution in [1.29, 1.82) is 0 Å². The van der Waals surface area contributed by atoms with Crippen molar-refractivity contribution in [3.05, 3.63) is 28.4 Å². The fourth-order valence-corrected chi connectivity index (χ4v) is 3.60. The van der Waals surface area contributed by atoms with Crippen LogP contribution in [0.3, 0.4) is 0 Å². The molecule has 0 fully saturated rings. The van der Waals surface area contributed by atoms with Gasteiger partial charge >= 0.3 is 5.97 Å². The van der Waals surface area contributed by atoms with E-state index in [0.717, 1.165) is 21.4 Å². The van der Waals surface area contributed by atoms with Gasteiger partial charge in [-0.3, -0.25) is 0 Å². The van der Waals surface area contributed by atoms with Gasteiger partial charge in [0, 0.05) is 20.1 Å². The summed E-state index contributed by atoms with van der Waals surface area (Å²) in [7, 11) is 0.404. The third-order valence-corrected chi connectivity index (χ3v) is 5.96. The number of carboxylic acid groups (broad SMARTS) is 1. The maximum Gasteiger partial charge on any atom is 0.352 e. The van der Waals surface area contributed by atoms with Crippen LogP contribution in [-0.2, 0) is 11.5 Å². The molecule has 0 saturated carbocycles. The van der Waals surface area contributed by atoms with E-state index in [1.807, 2.05) is 12.1 Å². The van der Waals surface area contributed by atoms with Gasteiger partial charge in [0.05, 0.1) is 17.1 Å². The van der Waals surface area contributed by atoms with Crippen molar-refractivity contribution in [3.63, 3.8) is 0 Å². The van der Waals surface area contributed by atoms with Gasteiger partial charge in [-0.05, 0) is 40.2 Å². The summed E-state index contributed by atoms with van der Waals surface area (Å²) in [5.74, 6) is -0.348. The lowest BCUT2D eigenvalue weighted by Gasteiger charge is -2.16. The fraction of sp³-hybridized carbons (Fsp3) is 0.438. The molecule has 126 valence electrons. The molecule has 1 aromatic heterocycles. The molecule has 0 unspecified atom stereocenters. The van der Waals surface area contributed by atoms with Crippen molar-refractivity contribution in [2.75, 3.05) is 13.7 Å². The van der Waals surface area contributed by atoms with Gasteiger partial charge in [-0.1, -0.05) is 19.6 Å². The van der Waals surface area contributed by atoms with E-state index in [9.17, 15) is 9.90 Å². The zero-order valence-corrected chi connectivity index (χ0v) is 16.4. The number of rotatable bonds is 7. The molecular weight excluding hydrogens is 378 g/mol. The van der Waals surface area contributed by atoms with Gasteiger partial charge in [0.15, 0.2) is 0 Å². The maximum absolute atomic E-state index is 11.5. The second-order valence-corrected chi connectivity index (χ2v) is 13.1. The number of carboxylic acids is 1. The van der Waals surface area contributed by atoms with Crippen LogP contribution in [0.2, 0.25) is 25.7 Å². The molecule has 1 aromatic carbocycles. The zero-order chi connectivity index (χ0) is 17.2. The number of fused-ring (bicyclic) bond motifs is 1. The highest BCUT2D eigenvalue weighted by atomic mass is 79.9. The predicted octanol–water partition coefficient (Wildman–Crippen LogP) is 4.42. The largest absolute Gasteiger partial charge is 0.495 e. The van der Waals surface area contributed by atoms with E-state index in [2.05, 4.69) is 35.6 Å². The SMILES string of the molecule is COc1c(Br)ccc2c1cc(C(=O)O)n2COCC[Si](C)(C)C. The Morgan fingerprint density at radius 3 is 2.61 bits per heavy atom. The van der Waals surface area contributed by atoms with Crippen molar-refractivity contribution in [2.45, 2.75) is 32.4 Å². The Hall–Kier alpha value is -1.31. The minimum atomic E-state index is -1.17. The van der Waals surface area contributed by atoms with E-state index in [4.69, 9.17) is 9.47 Å². The van der Waals surface area contributed by atoms with Gasteiger partial charge in [-0.25, -0.2) is 4.79 Å². The van der Waals surface area contributed by atoms with Crippen LogP contribution in [-0.4, -0.2) is 37.4 Å². The average Bonchev–Trinajstić information content (AvgIpc) is 2.81. The van der Waals surface area contributed by atoms with Crippen LogP contribution >= 0.6 is 15.9 Å². The van der Waals surface area contributed by atoms with Crippen LogP contribution < -0.4 is 4.74 Å². The molecule has 0 aliphatic rings. The van der Waals surface area contributed by atoms with E-state index in [0.29, 0.717) is 12.4 Å². The quantitative estimate of drug-likeness (QED) is 0.552. The Morgan fingerprint density at radius 1 is 1.35 bits per heavy atom. The number of halogens is 1. The van der Waals surface area contributed by atoms with E-state index in [-0.39, 0.29) is 12.4 Å². The van der Waals surface area contributed by atoms with Crippen molar-refractivity contribution < 1.29 is 19.4 Å². The zero-order valence-electron chi connectivity index (χ0n) is 13.9. The Kier molecular flexibility index (Phi) is 5.54. The highest BCUT2D eigenvalue weighted by molar-refractivity contribution is 9.10. The normalized spacial score (nSPS) is 11.9. The molecule has 0 bridgehead atoms. The summed E-state index contributed by atoms with van der Waals surface area (Å²) in [4.78, 5) is 11.5. The highest BCUT2D eigenvalue weighted by Crippen LogP contribution is 2.35. The van der Waals surface area contributed by atoms with Gasteiger partial charge < -0.3 is 19.1 Å². The number of carbonyl (C=O) groups is 1. The lowest BCUT2D eigenvalue weighted by atomic mass is 10.2. The van der Waals surface area contributed by atoms with E-state index in [1.54, 1.807) is 17.7 Å². The Morgan fingerprint density at radius 2 is 2.04 bits per heavy atom. The molecule has 0 radical (unpaired) electrons. The van der Waals surface area contributed by atoms with Crippen molar-refractivity contribution in [3.8, 4) is 5.75 Å². The van der Waals surface area contributed by atoms with Crippen molar-refractivity contribution in [2.24, 2.45) is 0 Å². The molecule has 0 amide bonds. The molecule has 0 saturated heterocycles. The van der Waals surface area contributed by atoms with Crippen LogP contribution in [0.4, 0.5) is 0 Å². The molecule has 2 rings (SSSR count). The summed E-state index contributed by atoms with van der Waals surface area (Å²) >= 11 is 3.43. The Bertz CT molecular complexity index is 721. The monoisotopic (exact) mass is 399 g/mol. The van der Waals surface area contributed by atoms with Crippen LogP contribution in [0.1, 0.15) is 10.5 Å². The van der Waals surface area contributed by atoms with Gasteiger partial charge in [0.25, 0.3) is 0 Å². The lowest BCUT2D eigenvalue weighted by molar-refractivity contribution is 0.0630. The lowest BCUT2D eigenvalue weighted by Crippen LogP contribution is -2.22. The molecule has 5 nitrogen and oxygen atoms in total. The predicted molar refractivity (Wildman–Crippen MR) is 97.3 cm³/mol. The number of aromatic carboxylic acids is 1. The molecule has 1 heterocycles. The van der Waals surface area contributed by atoms with Crippen LogP contribution in [0.5, 0.6) is 5.75 Å². The van der Waals surface area contributed by atoms with E-state index in [1.165, 1.54) is 0 Å². The minimum absolute atomic E-state index is 0.199. The smallest absolute Gasteiger partial charge is 0.352 e. The number of aromatic nitrogens is 1. The molecular formula is C16H22BrNO4Si. The Balaban J connectivity index is 2.33. The molecule has 0 aliphatic carbocycles. The fourth-order valence-electron chi connectivity index (χ4n) is 2.34. The van der Waals surface area contributed by atoms with Gasteiger partial charge in [-0.15, -0.1) is 0 Å². The van der Waals surface area contributed by atoms with Gasteiger partial charge in [-0.2, -0.15) is 0 Å². The third kappa shape index (κ3) is 4.16. The first kappa shape index (κ1) is 18.0. The molecule has 1 N–H and O–H groups in total. The number of nitrogens with zero attached hydrogens (tertiary/aromatic N) is 1. The second-order valence-electron chi connectivity index (χ2n) is 6.62. The molecule has 0 atom stereocenters. The van der Waals surface area contributed by atoms with Crippen LogP contribution in [0, 0.1) is 0 Å². The van der Waals surface area contributed by atoms with Crippen molar-refractivity contribution in [1.82, 2.24) is 4.57 Å². The second kappa shape index (κ2) is 7.07. The number of benzene rings is 1. The average molecular weight is 400 g/mol. The summed E-state index contributed by atoms with van der Waals surface area (Å²) < 4.78 is 13.6. The summed E-state index contributed by atoms with van der Waals surface area (Å²) in [6.45, 7) is 7.72. The van der Waals surface area contributed by atoms with Crippen LogP contribution in [0.25, 0.3) is 10.9 Å². The number of hydrogen-bond donors (Lipinski definition) is 1. The number of ether oxygens (including phenoxy) is 2. The molecule has 23 heavy (non-hydrogen) atoms. The molecule has 2 aromatic rings. The van der Waals surface area contributed by atoms with Gasteiger partial charge in [0.2, 0.25) is 0 Å². The van der Waals surface area contributed by atoms with E-state index >= 15 is 0 Å². The molecule has 0 aliphatic heterocycles. The first-order valence-corrected chi connectivity index (χ1v) is 11.9. The Labute approximate surface area is 145 Å². The minimum Gasteiger partial charge on any atom is -0.495 e. The van der Waals surface area contributed by atoms with Crippen molar-refractivity contribution >= 4 is 40.9 Å². The van der Waals surface area contributed by atoms with Gasteiger partial charge in [0.1, 0.15) is 18.2 Å². The van der Waals surface area contributed by atoms with E-state index < -0.39 is 14.0 Å². The number of methoxy groups -OCH3 is 1. The summed E-state index contributed by atoms with van der Waals surface area (Å²) in [6, 6.07) is 6.40. The number of hydrogen-bond acceptors (Lipinski definition) is 3. The topological polar surface area (TPSA) is 60.7 Å². The first-order chi connectivity index (χ1) is 10.7. The maximum atomic E-state index is 11.5. The highest BCUT2D eigenvalue weighted by Gasteiger charge is 2.19. The molecule has 0 spiro atoms. The summed E-state index contributed by atoms with van der Waals surface area (Å²) in [5.41, 5.74) is 0.986. The third-order valence-electron chi connectivity index (χ3n) is 3.63.